The maximum absolute atomic E-state index is 14.2. The molecule has 0 rings (SSSR count). The van der Waals surface area contributed by atoms with Crippen LogP contribution >= 0.6 is 0 Å². The zero-order valence-corrected chi connectivity index (χ0v) is 32.6. The fraction of sp³-hybridized carbons (Fsp3) is 0.765. The summed E-state index contributed by atoms with van der Waals surface area (Å²) in [5.41, 5.74) is 0. The largest absolute Gasteiger partial charge is 0.357 e. The van der Waals surface area contributed by atoms with Crippen LogP contribution in [0.1, 0.15) is 75.2 Å². The molecule has 276 valence electrons. The second-order valence-corrected chi connectivity index (χ2v) is 14.7. The molecule has 0 aliphatic rings. The third-order valence-corrected chi connectivity index (χ3v) is 9.77. The Kier molecular flexibility index (Phi) is 18.9. The van der Waals surface area contributed by atoms with Gasteiger partial charge in [-0.3, -0.25) is 33.0 Å². The Morgan fingerprint density at radius 2 is 1.10 bits per heavy atom. The highest BCUT2D eigenvalue weighted by Crippen LogP contribution is 2.22. The first kappa shape index (κ1) is 44.7. The SMILES string of the molecule is CC[C@H](C)[C@@H](C(=O)NC)N(C)C(=O)[C@@H](NC(=O)[C@H](C(C)C)N(C)C(=O)[C@H]([C@@H](C)CC)N(C)C(=O)[C@H](C)N(C)C(=O)/C=C/[S@](C)=O)C(C)C. The van der Waals surface area contributed by atoms with Gasteiger partial charge in [0, 0.05) is 63.8 Å². The fourth-order valence-electron chi connectivity index (χ4n) is 5.64. The molecule has 13 nitrogen and oxygen atoms in total. The Labute approximate surface area is 291 Å². The molecule has 0 aromatic rings. The lowest BCUT2D eigenvalue weighted by atomic mass is 9.93. The van der Waals surface area contributed by atoms with Gasteiger partial charge in [0.2, 0.25) is 35.4 Å². The van der Waals surface area contributed by atoms with E-state index >= 15 is 0 Å². The molecular formula is C34H62N6O7S. The lowest BCUT2D eigenvalue weighted by Crippen LogP contribution is -2.62. The van der Waals surface area contributed by atoms with Crippen LogP contribution in [0.15, 0.2) is 11.5 Å². The molecular weight excluding hydrogens is 636 g/mol. The van der Waals surface area contributed by atoms with Crippen molar-refractivity contribution in [1.29, 1.82) is 0 Å². The van der Waals surface area contributed by atoms with Gasteiger partial charge < -0.3 is 30.2 Å². The maximum Gasteiger partial charge on any atom is 0.247 e. The van der Waals surface area contributed by atoms with Crippen LogP contribution in [0.4, 0.5) is 0 Å². The smallest absolute Gasteiger partial charge is 0.247 e. The summed E-state index contributed by atoms with van der Waals surface area (Å²) in [7, 11) is 6.21. The third-order valence-electron chi connectivity index (χ3n) is 9.25. The molecule has 0 spiro atoms. The molecule has 0 aliphatic carbocycles. The predicted octanol–water partition coefficient (Wildman–Crippen LogP) is 1.84. The lowest BCUT2D eigenvalue weighted by Gasteiger charge is -2.40. The first-order valence-corrected chi connectivity index (χ1v) is 18.3. The molecule has 0 heterocycles. The van der Waals surface area contributed by atoms with Crippen LogP contribution in [-0.4, -0.2) is 131 Å². The van der Waals surface area contributed by atoms with E-state index in [2.05, 4.69) is 10.6 Å². The van der Waals surface area contributed by atoms with E-state index in [1.54, 1.807) is 41.7 Å². The number of hydrogen-bond acceptors (Lipinski definition) is 7. The van der Waals surface area contributed by atoms with E-state index in [-0.39, 0.29) is 29.6 Å². The van der Waals surface area contributed by atoms with Crippen LogP contribution in [0.5, 0.6) is 0 Å². The van der Waals surface area contributed by atoms with E-state index in [1.165, 1.54) is 59.5 Å². The molecule has 0 saturated heterocycles. The molecule has 2 N–H and O–H groups in total. The maximum atomic E-state index is 14.2. The highest BCUT2D eigenvalue weighted by atomic mass is 32.2. The molecule has 0 saturated carbocycles. The first-order valence-electron chi connectivity index (χ1n) is 16.7. The molecule has 0 unspecified atom stereocenters. The molecule has 0 fully saturated rings. The molecule has 0 bridgehead atoms. The number of carbonyl (C=O) groups is 6. The van der Waals surface area contributed by atoms with Crippen molar-refractivity contribution >= 4 is 46.2 Å². The van der Waals surface area contributed by atoms with Crippen molar-refractivity contribution in [3.63, 3.8) is 0 Å². The van der Waals surface area contributed by atoms with Gasteiger partial charge in [0.05, 0.1) is 0 Å². The van der Waals surface area contributed by atoms with Gasteiger partial charge in [-0.15, -0.1) is 0 Å². The third kappa shape index (κ3) is 11.7. The number of nitrogens with zero attached hydrogens (tertiary/aromatic N) is 4. The van der Waals surface area contributed by atoms with Gasteiger partial charge in [-0.25, -0.2) is 0 Å². The highest BCUT2D eigenvalue weighted by Gasteiger charge is 2.42. The van der Waals surface area contributed by atoms with Crippen LogP contribution in [0.2, 0.25) is 0 Å². The zero-order chi connectivity index (χ0) is 37.8. The van der Waals surface area contributed by atoms with E-state index in [4.69, 9.17) is 0 Å². The molecule has 0 aliphatic heterocycles. The summed E-state index contributed by atoms with van der Waals surface area (Å²) >= 11 is 0. The second kappa shape index (κ2) is 20.3. The Hall–Kier alpha value is -3.29. The summed E-state index contributed by atoms with van der Waals surface area (Å²) in [6.07, 6.45) is 3.78. The van der Waals surface area contributed by atoms with Gasteiger partial charge in [0.1, 0.15) is 30.2 Å². The van der Waals surface area contributed by atoms with Crippen molar-refractivity contribution in [3.8, 4) is 0 Å². The van der Waals surface area contributed by atoms with Crippen LogP contribution in [-0.2, 0) is 39.6 Å². The van der Waals surface area contributed by atoms with Crippen LogP contribution in [0, 0.1) is 23.7 Å². The minimum absolute atomic E-state index is 0.134. The quantitative estimate of drug-likeness (QED) is 0.207. The lowest BCUT2D eigenvalue weighted by molar-refractivity contribution is -0.153. The average molecular weight is 699 g/mol. The summed E-state index contributed by atoms with van der Waals surface area (Å²) in [4.78, 5) is 86.2. The predicted molar refractivity (Wildman–Crippen MR) is 190 cm³/mol. The summed E-state index contributed by atoms with van der Waals surface area (Å²) < 4.78 is 11.4. The van der Waals surface area contributed by atoms with Crippen molar-refractivity contribution in [2.45, 2.75) is 105 Å². The number of hydrogen-bond donors (Lipinski definition) is 2. The molecule has 8 atom stereocenters. The van der Waals surface area contributed by atoms with E-state index in [0.29, 0.717) is 12.8 Å². The molecule has 0 aromatic heterocycles. The Bertz CT molecular complexity index is 1190. The summed E-state index contributed by atoms with van der Waals surface area (Å²) in [5, 5.41) is 6.74. The zero-order valence-electron chi connectivity index (χ0n) is 31.8. The van der Waals surface area contributed by atoms with Crippen LogP contribution in [0.25, 0.3) is 0 Å². The van der Waals surface area contributed by atoms with Gasteiger partial charge in [-0.05, 0) is 30.6 Å². The fourth-order valence-corrected chi connectivity index (χ4v) is 5.95. The van der Waals surface area contributed by atoms with E-state index in [1.807, 2.05) is 27.7 Å². The summed E-state index contributed by atoms with van der Waals surface area (Å²) in [6.45, 7) is 16.3. The van der Waals surface area contributed by atoms with Gasteiger partial charge in [-0.2, -0.15) is 0 Å². The van der Waals surface area contributed by atoms with Crippen molar-refractivity contribution in [2.24, 2.45) is 23.7 Å². The topological polar surface area (TPSA) is 157 Å². The normalized spacial score (nSPS) is 16.6. The number of carbonyl (C=O) groups excluding carboxylic acids is 6. The standard InChI is InChI=1S/C34H62N6O7S/c1-16-22(7)28(30(42)35-10)39(13)33(45)26(20(3)4)36-31(43)27(21(5)6)38(12)34(46)29(23(8)17-2)40(14)32(44)24(9)37(11)25(41)18-19-48(15)47/h18-24,26-29H,16-17H2,1-15H3,(H,35,42)(H,36,43)/b19-18+/t22-,23-,24-,26-,27-,28-,29-,48-/m0/s1. The second-order valence-electron chi connectivity index (χ2n) is 13.5. The van der Waals surface area contributed by atoms with Crippen molar-refractivity contribution < 1.29 is 33.0 Å². The monoisotopic (exact) mass is 698 g/mol. The van der Waals surface area contributed by atoms with Crippen LogP contribution < -0.4 is 10.6 Å². The molecule has 48 heavy (non-hydrogen) atoms. The molecule has 0 aromatic carbocycles. The number of amides is 6. The highest BCUT2D eigenvalue weighted by molar-refractivity contribution is 7.87. The number of rotatable bonds is 18. The summed E-state index contributed by atoms with van der Waals surface area (Å²) in [6, 6.07) is -4.58. The average Bonchev–Trinajstić information content (AvgIpc) is 3.03. The number of likely N-dealkylation sites (N-methyl/N-ethyl adjacent to an activating group) is 5. The van der Waals surface area contributed by atoms with E-state index in [9.17, 15) is 33.0 Å². The van der Waals surface area contributed by atoms with Crippen molar-refractivity contribution in [3.05, 3.63) is 11.5 Å². The Morgan fingerprint density at radius 1 is 0.646 bits per heavy atom. The minimum atomic E-state index is -1.34. The summed E-state index contributed by atoms with van der Waals surface area (Å²) in [5.74, 6) is -3.82. The molecule has 6 amide bonds. The van der Waals surface area contributed by atoms with Crippen LogP contribution in [0.3, 0.4) is 0 Å². The van der Waals surface area contributed by atoms with Gasteiger partial charge in [0.15, 0.2) is 0 Å². The van der Waals surface area contributed by atoms with E-state index in [0.717, 1.165) is 6.08 Å². The first-order chi connectivity index (χ1) is 22.1. The van der Waals surface area contributed by atoms with Gasteiger partial charge in [0.25, 0.3) is 0 Å². The Balaban J connectivity index is 6.42. The molecule has 0 radical (unpaired) electrons. The van der Waals surface area contributed by atoms with Gasteiger partial charge >= 0.3 is 0 Å². The minimum Gasteiger partial charge on any atom is -0.357 e. The Morgan fingerprint density at radius 3 is 1.52 bits per heavy atom. The number of nitrogens with one attached hydrogen (secondary N) is 2. The van der Waals surface area contributed by atoms with E-state index < -0.39 is 70.5 Å². The van der Waals surface area contributed by atoms with Crippen molar-refractivity contribution in [1.82, 2.24) is 30.2 Å². The van der Waals surface area contributed by atoms with Gasteiger partial charge in [-0.1, -0.05) is 68.2 Å². The van der Waals surface area contributed by atoms with Crippen molar-refractivity contribution in [2.75, 3.05) is 41.5 Å². The molecule has 14 heteroatoms.